The zero-order valence-corrected chi connectivity index (χ0v) is 13.1. The van der Waals surface area contributed by atoms with Crippen molar-refractivity contribution in [3.63, 3.8) is 0 Å². The van der Waals surface area contributed by atoms with Gasteiger partial charge in [-0.25, -0.2) is 4.98 Å². The lowest BCUT2D eigenvalue weighted by Gasteiger charge is -2.21. The van der Waals surface area contributed by atoms with E-state index >= 15 is 0 Å². The first kappa shape index (κ1) is 17.0. The molecule has 114 valence electrons. The summed E-state index contributed by atoms with van der Waals surface area (Å²) < 4.78 is 2.12. The summed E-state index contributed by atoms with van der Waals surface area (Å²) in [6.07, 6.45) is 5.65. The highest BCUT2D eigenvalue weighted by Gasteiger charge is 2.20. The summed E-state index contributed by atoms with van der Waals surface area (Å²) in [5, 5.41) is 6.29. The van der Waals surface area contributed by atoms with Crippen LogP contribution in [0.25, 0.3) is 0 Å². The third-order valence-electron chi connectivity index (χ3n) is 3.49. The smallest absolute Gasteiger partial charge is 0.223 e. The third-order valence-corrected chi connectivity index (χ3v) is 3.49. The van der Waals surface area contributed by atoms with Crippen LogP contribution in [0.4, 0.5) is 0 Å². The van der Waals surface area contributed by atoms with E-state index in [1.54, 1.807) is 6.20 Å². The first-order valence-electron chi connectivity index (χ1n) is 7.15. The molecule has 0 atom stereocenters. The molecular formula is C14H25ClN4O. The summed E-state index contributed by atoms with van der Waals surface area (Å²) in [4.78, 5) is 16.4. The van der Waals surface area contributed by atoms with Crippen LogP contribution < -0.4 is 10.6 Å². The lowest BCUT2D eigenvalue weighted by atomic mass is 9.97. The van der Waals surface area contributed by atoms with Crippen molar-refractivity contribution in [1.29, 1.82) is 0 Å². The van der Waals surface area contributed by atoms with Crippen LogP contribution in [0.2, 0.25) is 0 Å². The fourth-order valence-electron chi connectivity index (χ4n) is 2.46. The van der Waals surface area contributed by atoms with E-state index in [-0.39, 0.29) is 24.2 Å². The molecule has 1 fully saturated rings. The van der Waals surface area contributed by atoms with E-state index in [4.69, 9.17) is 0 Å². The highest BCUT2D eigenvalue weighted by Crippen LogP contribution is 2.11. The van der Waals surface area contributed by atoms with Gasteiger partial charge in [-0.05, 0) is 31.8 Å². The van der Waals surface area contributed by atoms with E-state index in [1.165, 1.54) is 0 Å². The number of halogens is 1. The summed E-state index contributed by atoms with van der Waals surface area (Å²) in [7, 11) is 0. The van der Waals surface area contributed by atoms with E-state index in [1.807, 2.05) is 6.20 Å². The van der Waals surface area contributed by atoms with Gasteiger partial charge in [0.2, 0.25) is 5.91 Å². The third kappa shape index (κ3) is 4.80. The number of carbonyl (C=O) groups is 1. The summed E-state index contributed by atoms with van der Waals surface area (Å²) >= 11 is 0. The summed E-state index contributed by atoms with van der Waals surface area (Å²) in [5.74, 6) is 1.85. The van der Waals surface area contributed by atoms with Crippen LogP contribution in [-0.2, 0) is 17.9 Å². The predicted octanol–water partition coefficient (Wildman–Crippen LogP) is 1.58. The number of piperidine rings is 1. The number of carbonyl (C=O) groups excluding carboxylic acids is 1. The van der Waals surface area contributed by atoms with Gasteiger partial charge in [0.15, 0.2) is 0 Å². The number of nitrogens with zero attached hydrogens (tertiary/aromatic N) is 2. The van der Waals surface area contributed by atoms with Gasteiger partial charge in [-0.1, -0.05) is 13.8 Å². The van der Waals surface area contributed by atoms with E-state index in [0.717, 1.165) is 38.3 Å². The second kappa shape index (κ2) is 8.27. The lowest BCUT2D eigenvalue weighted by molar-refractivity contribution is -0.125. The maximum Gasteiger partial charge on any atom is 0.223 e. The van der Waals surface area contributed by atoms with Crippen LogP contribution in [-0.4, -0.2) is 28.5 Å². The Morgan fingerprint density at radius 2 is 2.20 bits per heavy atom. The molecular weight excluding hydrogens is 276 g/mol. The van der Waals surface area contributed by atoms with Crippen molar-refractivity contribution in [2.45, 2.75) is 39.8 Å². The Morgan fingerprint density at radius 1 is 1.50 bits per heavy atom. The van der Waals surface area contributed by atoms with Gasteiger partial charge in [-0.3, -0.25) is 4.79 Å². The maximum absolute atomic E-state index is 12.1. The van der Waals surface area contributed by atoms with Gasteiger partial charge in [-0.15, -0.1) is 12.4 Å². The van der Waals surface area contributed by atoms with Gasteiger partial charge in [0, 0.05) is 24.9 Å². The number of hydrogen-bond acceptors (Lipinski definition) is 3. The average molecular weight is 301 g/mol. The fourth-order valence-corrected chi connectivity index (χ4v) is 2.46. The fraction of sp³-hybridized carbons (Fsp3) is 0.714. The highest BCUT2D eigenvalue weighted by atomic mass is 35.5. The minimum Gasteiger partial charge on any atom is -0.349 e. The number of aromatic nitrogens is 2. The molecule has 5 nitrogen and oxygen atoms in total. The average Bonchev–Trinajstić information content (AvgIpc) is 2.83. The highest BCUT2D eigenvalue weighted by molar-refractivity contribution is 5.85. The zero-order chi connectivity index (χ0) is 13.7. The quantitative estimate of drug-likeness (QED) is 0.868. The first-order chi connectivity index (χ1) is 9.16. The van der Waals surface area contributed by atoms with E-state index in [9.17, 15) is 4.79 Å². The number of hydrogen-bond donors (Lipinski definition) is 2. The Hall–Kier alpha value is -1.07. The second-order valence-corrected chi connectivity index (χ2v) is 5.63. The molecule has 1 amide bonds. The van der Waals surface area contributed by atoms with Crippen molar-refractivity contribution in [2.75, 3.05) is 13.1 Å². The predicted molar refractivity (Wildman–Crippen MR) is 81.8 cm³/mol. The molecule has 1 aromatic heterocycles. The van der Waals surface area contributed by atoms with Gasteiger partial charge >= 0.3 is 0 Å². The van der Waals surface area contributed by atoms with Crippen molar-refractivity contribution in [1.82, 2.24) is 20.2 Å². The Bertz CT molecular complexity index is 413. The molecule has 6 heteroatoms. The zero-order valence-electron chi connectivity index (χ0n) is 12.3. The van der Waals surface area contributed by atoms with Gasteiger partial charge in [0.05, 0.1) is 6.54 Å². The molecule has 1 aliphatic heterocycles. The Morgan fingerprint density at radius 3 is 2.85 bits per heavy atom. The number of amides is 1. The van der Waals surface area contributed by atoms with Crippen LogP contribution in [0.15, 0.2) is 12.4 Å². The largest absolute Gasteiger partial charge is 0.349 e. The maximum atomic E-state index is 12.1. The molecule has 0 unspecified atom stereocenters. The van der Waals surface area contributed by atoms with Gasteiger partial charge in [-0.2, -0.15) is 0 Å². The molecule has 0 spiro atoms. The summed E-state index contributed by atoms with van der Waals surface area (Å²) in [6.45, 7) is 7.72. The Labute approximate surface area is 126 Å². The van der Waals surface area contributed by atoms with Crippen molar-refractivity contribution >= 4 is 18.3 Å². The topological polar surface area (TPSA) is 59.0 Å². The number of rotatable bonds is 5. The van der Waals surface area contributed by atoms with E-state index in [0.29, 0.717) is 12.5 Å². The minimum atomic E-state index is 0. The van der Waals surface area contributed by atoms with Crippen molar-refractivity contribution in [2.24, 2.45) is 11.8 Å². The summed E-state index contributed by atoms with van der Waals surface area (Å²) in [6, 6.07) is 0. The van der Waals surface area contributed by atoms with Crippen LogP contribution >= 0.6 is 12.4 Å². The molecule has 2 heterocycles. The van der Waals surface area contributed by atoms with E-state index in [2.05, 4.69) is 34.0 Å². The lowest BCUT2D eigenvalue weighted by Crippen LogP contribution is -2.38. The molecule has 1 saturated heterocycles. The molecule has 0 saturated carbocycles. The molecule has 1 aliphatic rings. The first-order valence-corrected chi connectivity index (χ1v) is 7.15. The minimum absolute atomic E-state index is 0. The molecule has 0 bridgehead atoms. The molecule has 0 aliphatic carbocycles. The van der Waals surface area contributed by atoms with Crippen LogP contribution in [0, 0.1) is 11.8 Å². The molecule has 2 rings (SSSR count). The van der Waals surface area contributed by atoms with Crippen LogP contribution in [0.1, 0.15) is 32.5 Å². The van der Waals surface area contributed by atoms with Crippen molar-refractivity contribution < 1.29 is 4.79 Å². The monoisotopic (exact) mass is 300 g/mol. The summed E-state index contributed by atoms with van der Waals surface area (Å²) in [5.41, 5.74) is 0. The Balaban J connectivity index is 0.00000200. The van der Waals surface area contributed by atoms with Crippen molar-refractivity contribution in [3.05, 3.63) is 18.2 Å². The van der Waals surface area contributed by atoms with Gasteiger partial charge < -0.3 is 15.2 Å². The van der Waals surface area contributed by atoms with Crippen LogP contribution in [0.5, 0.6) is 0 Å². The van der Waals surface area contributed by atoms with Gasteiger partial charge in [0.1, 0.15) is 5.82 Å². The molecule has 20 heavy (non-hydrogen) atoms. The molecule has 0 aromatic carbocycles. The molecule has 1 aromatic rings. The van der Waals surface area contributed by atoms with E-state index < -0.39 is 0 Å². The Kier molecular flexibility index (Phi) is 7.02. The van der Waals surface area contributed by atoms with Crippen LogP contribution in [0.3, 0.4) is 0 Å². The second-order valence-electron chi connectivity index (χ2n) is 5.63. The molecule has 0 radical (unpaired) electrons. The standard InChI is InChI=1S/C14H24N4O.ClH/c1-11(2)10-18-8-7-16-13(18)9-17-14(19)12-3-5-15-6-4-12;/h7-8,11-12,15H,3-6,9-10H2,1-2H3,(H,17,19);1H. The normalized spacial score (nSPS) is 15.9. The van der Waals surface area contributed by atoms with Gasteiger partial charge in [0.25, 0.3) is 0 Å². The number of imidazole rings is 1. The number of nitrogens with one attached hydrogen (secondary N) is 2. The SMILES string of the molecule is CC(C)Cn1ccnc1CNC(=O)C1CCNCC1.Cl. The molecule has 2 N–H and O–H groups in total. The van der Waals surface area contributed by atoms with Crippen molar-refractivity contribution in [3.8, 4) is 0 Å².